The predicted molar refractivity (Wildman–Crippen MR) is 69.1 cm³/mol. The summed E-state index contributed by atoms with van der Waals surface area (Å²) in [4.78, 5) is 14.0. The van der Waals surface area contributed by atoms with E-state index in [1.807, 2.05) is 35.2 Å². The molecule has 98 valence electrons. The smallest absolute Gasteiger partial charge is 0.244 e. The van der Waals surface area contributed by atoms with E-state index in [0.717, 1.165) is 31.5 Å². The van der Waals surface area contributed by atoms with Crippen LogP contribution in [0.3, 0.4) is 0 Å². The summed E-state index contributed by atoms with van der Waals surface area (Å²) in [5.41, 5.74) is 0.918. The second-order valence-corrected chi connectivity index (χ2v) is 4.61. The standard InChI is InChI=1S/C13H15N5O/c19-12(17-8-4-5-9-17)10-18-13(14-15-16-18)11-6-2-1-3-7-11/h1-3,6-7H,4-5,8-10H2. The number of amides is 1. The Bertz CT molecular complexity index is 559. The topological polar surface area (TPSA) is 63.9 Å². The highest BCUT2D eigenvalue weighted by Crippen LogP contribution is 2.15. The third-order valence-corrected chi connectivity index (χ3v) is 3.31. The van der Waals surface area contributed by atoms with Gasteiger partial charge >= 0.3 is 0 Å². The van der Waals surface area contributed by atoms with E-state index in [9.17, 15) is 4.79 Å². The van der Waals surface area contributed by atoms with Crippen molar-refractivity contribution in [2.75, 3.05) is 13.1 Å². The maximum atomic E-state index is 12.1. The van der Waals surface area contributed by atoms with Crippen LogP contribution in [0.1, 0.15) is 12.8 Å². The van der Waals surface area contributed by atoms with Crippen LogP contribution in [-0.2, 0) is 11.3 Å². The molecule has 6 heteroatoms. The van der Waals surface area contributed by atoms with E-state index < -0.39 is 0 Å². The molecule has 1 fully saturated rings. The molecule has 2 heterocycles. The molecule has 0 unspecified atom stereocenters. The number of carbonyl (C=O) groups is 1. The molecular formula is C13H15N5O. The van der Waals surface area contributed by atoms with Crippen molar-refractivity contribution >= 4 is 5.91 Å². The fraction of sp³-hybridized carbons (Fsp3) is 0.385. The van der Waals surface area contributed by atoms with Crippen molar-refractivity contribution in [1.82, 2.24) is 25.1 Å². The zero-order valence-corrected chi connectivity index (χ0v) is 10.6. The number of hydrogen-bond acceptors (Lipinski definition) is 4. The van der Waals surface area contributed by atoms with Crippen LogP contribution in [0.2, 0.25) is 0 Å². The van der Waals surface area contributed by atoms with Gasteiger partial charge in [0.2, 0.25) is 5.91 Å². The average molecular weight is 257 g/mol. The molecule has 1 aromatic carbocycles. The van der Waals surface area contributed by atoms with Crippen LogP contribution < -0.4 is 0 Å². The van der Waals surface area contributed by atoms with Crippen molar-refractivity contribution < 1.29 is 4.79 Å². The molecule has 1 aromatic heterocycles. The van der Waals surface area contributed by atoms with E-state index in [1.54, 1.807) is 4.68 Å². The van der Waals surface area contributed by atoms with Gasteiger partial charge in [-0.2, -0.15) is 0 Å². The van der Waals surface area contributed by atoms with Gasteiger partial charge < -0.3 is 4.90 Å². The quantitative estimate of drug-likeness (QED) is 0.821. The van der Waals surface area contributed by atoms with Crippen LogP contribution in [0.15, 0.2) is 30.3 Å². The highest BCUT2D eigenvalue weighted by atomic mass is 16.2. The highest BCUT2D eigenvalue weighted by Gasteiger charge is 2.20. The lowest BCUT2D eigenvalue weighted by Gasteiger charge is -2.15. The lowest BCUT2D eigenvalue weighted by Crippen LogP contribution is -2.31. The molecule has 1 amide bonds. The Balaban J connectivity index is 1.79. The van der Waals surface area contributed by atoms with Gasteiger partial charge in [-0.1, -0.05) is 30.3 Å². The molecule has 0 radical (unpaired) electrons. The normalized spacial score (nSPS) is 14.8. The number of nitrogens with zero attached hydrogens (tertiary/aromatic N) is 5. The molecule has 6 nitrogen and oxygen atoms in total. The van der Waals surface area contributed by atoms with Gasteiger partial charge in [0.1, 0.15) is 6.54 Å². The molecule has 3 rings (SSSR count). The van der Waals surface area contributed by atoms with Crippen LogP contribution in [0.5, 0.6) is 0 Å². The second-order valence-electron chi connectivity index (χ2n) is 4.61. The Morgan fingerprint density at radius 1 is 1.16 bits per heavy atom. The van der Waals surface area contributed by atoms with E-state index in [-0.39, 0.29) is 12.5 Å². The molecule has 0 bridgehead atoms. The van der Waals surface area contributed by atoms with E-state index in [4.69, 9.17) is 0 Å². The fourth-order valence-electron chi connectivity index (χ4n) is 2.30. The van der Waals surface area contributed by atoms with E-state index in [2.05, 4.69) is 15.5 Å². The van der Waals surface area contributed by atoms with Crippen molar-refractivity contribution in [2.45, 2.75) is 19.4 Å². The van der Waals surface area contributed by atoms with Crippen molar-refractivity contribution in [3.8, 4) is 11.4 Å². The summed E-state index contributed by atoms with van der Waals surface area (Å²) in [5.74, 6) is 0.718. The van der Waals surface area contributed by atoms with Crippen molar-refractivity contribution in [1.29, 1.82) is 0 Å². The molecule has 1 aliphatic heterocycles. The number of likely N-dealkylation sites (tertiary alicyclic amines) is 1. The Hall–Kier alpha value is -2.24. The Labute approximate surface area is 111 Å². The first-order chi connectivity index (χ1) is 9.34. The molecule has 0 aliphatic carbocycles. The van der Waals surface area contributed by atoms with Crippen LogP contribution >= 0.6 is 0 Å². The summed E-state index contributed by atoms with van der Waals surface area (Å²) in [5, 5.41) is 11.6. The first-order valence-corrected chi connectivity index (χ1v) is 6.44. The van der Waals surface area contributed by atoms with E-state index in [0.29, 0.717) is 5.82 Å². The number of benzene rings is 1. The van der Waals surface area contributed by atoms with Crippen LogP contribution in [0, 0.1) is 0 Å². The largest absolute Gasteiger partial charge is 0.341 e. The second kappa shape index (κ2) is 5.17. The first kappa shape index (κ1) is 11.8. The van der Waals surface area contributed by atoms with E-state index in [1.165, 1.54) is 0 Å². The minimum absolute atomic E-state index is 0.0852. The molecule has 0 atom stereocenters. The van der Waals surface area contributed by atoms with Gasteiger partial charge in [-0.25, -0.2) is 4.68 Å². The van der Waals surface area contributed by atoms with Gasteiger partial charge in [0.15, 0.2) is 5.82 Å². The summed E-state index contributed by atoms with van der Waals surface area (Å²) < 4.78 is 1.57. The van der Waals surface area contributed by atoms with Gasteiger partial charge in [0.05, 0.1) is 0 Å². The molecule has 19 heavy (non-hydrogen) atoms. The Morgan fingerprint density at radius 3 is 2.63 bits per heavy atom. The summed E-state index contributed by atoms with van der Waals surface area (Å²) in [6.45, 7) is 1.90. The minimum Gasteiger partial charge on any atom is -0.341 e. The maximum absolute atomic E-state index is 12.1. The molecular weight excluding hydrogens is 242 g/mol. The third-order valence-electron chi connectivity index (χ3n) is 3.31. The summed E-state index contributed by atoms with van der Waals surface area (Å²) in [7, 11) is 0. The lowest BCUT2D eigenvalue weighted by atomic mass is 10.2. The van der Waals surface area contributed by atoms with Gasteiger partial charge in [-0.15, -0.1) is 5.10 Å². The van der Waals surface area contributed by atoms with Gasteiger partial charge in [0.25, 0.3) is 0 Å². The highest BCUT2D eigenvalue weighted by molar-refractivity contribution is 5.76. The lowest BCUT2D eigenvalue weighted by molar-refractivity contribution is -0.130. The maximum Gasteiger partial charge on any atom is 0.244 e. The number of tetrazole rings is 1. The van der Waals surface area contributed by atoms with Crippen LogP contribution in [-0.4, -0.2) is 44.1 Å². The number of aromatic nitrogens is 4. The zero-order valence-electron chi connectivity index (χ0n) is 10.6. The Kier molecular flexibility index (Phi) is 3.22. The summed E-state index contributed by atoms with van der Waals surface area (Å²) in [6, 6.07) is 9.66. The minimum atomic E-state index is 0.0852. The number of carbonyl (C=O) groups excluding carboxylic acids is 1. The molecule has 1 aliphatic rings. The SMILES string of the molecule is O=C(Cn1nnnc1-c1ccccc1)N1CCCC1. The van der Waals surface area contributed by atoms with Crippen LogP contribution in [0.25, 0.3) is 11.4 Å². The zero-order chi connectivity index (χ0) is 13.1. The fourth-order valence-corrected chi connectivity index (χ4v) is 2.30. The summed E-state index contributed by atoms with van der Waals surface area (Å²) >= 11 is 0. The third kappa shape index (κ3) is 2.47. The average Bonchev–Trinajstić information content (AvgIpc) is 3.11. The Morgan fingerprint density at radius 2 is 1.89 bits per heavy atom. The van der Waals surface area contributed by atoms with Crippen molar-refractivity contribution in [2.24, 2.45) is 0 Å². The number of rotatable bonds is 3. The molecule has 0 saturated carbocycles. The molecule has 1 saturated heterocycles. The summed E-state index contributed by atoms with van der Waals surface area (Å²) in [6.07, 6.45) is 2.18. The van der Waals surface area contributed by atoms with Crippen molar-refractivity contribution in [3.05, 3.63) is 30.3 Å². The number of hydrogen-bond donors (Lipinski definition) is 0. The van der Waals surface area contributed by atoms with Gasteiger partial charge in [0, 0.05) is 18.7 Å². The van der Waals surface area contributed by atoms with Crippen molar-refractivity contribution in [3.63, 3.8) is 0 Å². The first-order valence-electron chi connectivity index (χ1n) is 6.44. The van der Waals surface area contributed by atoms with Gasteiger partial charge in [-0.3, -0.25) is 4.79 Å². The predicted octanol–water partition coefficient (Wildman–Crippen LogP) is 0.962. The molecule has 0 N–H and O–H groups in total. The van der Waals surface area contributed by atoms with Crippen LogP contribution in [0.4, 0.5) is 0 Å². The monoisotopic (exact) mass is 257 g/mol. The van der Waals surface area contributed by atoms with Gasteiger partial charge in [-0.05, 0) is 23.3 Å². The molecule has 2 aromatic rings. The van der Waals surface area contributed by atoms with E-state index >= 15 is 0 Å². The molecule has 0 spiro atoms.